The van der Waals surface area contributed by atoms with Crippen LogP contribution in [0.1, 0.15) is 19.9 Å². The SMILES string of the molecule is CC(C)n1c2ccccc2c2nnc(SCC(=O)Nc3ccc(I)cc3)nc21. The fourth-order valence-electron chi connectivity index (χ4n) is 3.09. The van der Waals surface area contributed by atoms with Crippen LogP contribution in [-0.2, 0) is 4.79 Å². The number of nitrogens with one attached hydrogen (secondary N) is 1. The standard InChI is InChI=1S/C20H18IN5OS/c1-12(2)26-16-6-4-3-5-15(16)18-19(26)23-20(25-24-18)28-11-17(27)22-14-9-7-13(21)8-10-14/h3-10,12H,11H2,1-2H3,(H,22,27). The van der Waals surface area contributed by atoms with Gasteiger partial charge in [0, 0.05) is 20.7 Å². The summed E-state index contributed by atoms with van der Waals surface area (Å²) >= 11 is 3.52. The molecule has 2 aromatic carbocycles. The summed E-state index contributed by atoms with van der Waals surface area (Å²) in [6.45, 7) is 4.24. The highest BCUT2D eigenvalue weighted by Gasteiger charge is 2.17. The molecule has 4 aromatic rings. The molecule has 0 aliphatic carbocycles. The van der Waals surface area contributed by atoms with Crippen molar-refractivity contribution in [2.75, 3.05) is 11.1 Å². The van der Waals surface area contributed by atoms with Crippen LogP contribution in [0.4, 0.5) is 5.69 Å². The number of fused-ring (bicyclic) bond motifs is 3. The summed E-state index contributed by atoms with van der Waals surface area (Å²) in [5.41, 5.74) is 3.46. The Morgan fingerprint density at radius 1 is 1.14 bits per heavy atom. The van der Waals surface area contributed by atoms with Gasteiger partial charge in [-0.3, -0.25) is 4.79 Å². The Kier molecular flexibility index (Phi) is 5.49. The van der Waals surface area contributed by atoms with Crippen LogP contribution in [0.5, 0.6) is 0 Å². The molecule has 0 spiro atoms. The maximum Gasteiger partial charge on any atom is 0.234 e. The van der Waals surface area contributed by atoms with Crippen molar-refractivity contribution in [1.82, 2.24) is 19.7 Å². The third-order valence-corrected chi connectivity index (χ3v) is 5.83. The number of rotatable bonds is 5. The molecule has 142 valence electrons. The Labute approximate surface area is 180 Å². The molecule has 28 heavy (non-hydrogen) atoms. The highest BCUT2D eigenvalue weighted by Crippen LogP contribution is 2.29. The monoisotopic (exact) mass is 503 g/mol. The molecule has 0 aliphatic rings. The first-order chi connectivity index (χ1) is 13.5. The lowest BCUT2D eigenvalue weighted by molar-refractivity contribution is -0.113. The molecule has 0 saturated carbocycles. The van der Waals surface area contributed by atoms with Crippen LogP contribution >= 0.6 is 34.4 Å². The lowest BCUT2D eigenvalue weighted by Crippen LogP contribution is -2.14. The van der Waals surface area contributed by atoms with Crippen molar-refractivity contribution in [2.24, 2.45) is 0 Å². The molecule has 0 aliphatic heterocycles. The van der Waals surface area contributed by atoms with E-state index in [0.717, 1.165) is 31.3 Å². The molecular formula is C20H18IN5OS. The van der Waals surface area contributed by atoms with Gasteiger partial charge in [0.2, 0.25) is 11.1 Å². The molecule has 1 amide bonds. The number of carbonyl (C=O) groups excluding carboxylic acids is 1. The maximum absolute atomic E-state index is 12.2. The van der Waals surface area contributed by atoms with Crippen LogP contribution in [0.15, 0.2) is 53.7 Å². The average Bonchev–Trinajstić information content (AvgIpc) is 3.02. The Bertz CT molecular complexity index is 1160. The lowest BCUT2D eigenvalue weighted by Gasteiger charge is -2.10. The van der Waals surface area contributed by atoms with Crippen molar-refractivity contribution in [2.45, 2.75) is 25.0 Å². The van der Waals surface area contributed by atoms with Crippen molar-refractivity contribution in [1.29, 1.82) is 0 Å². The number of hydrogen-bond acceptors (Lipinski definition) is 5. The largest absolute Gasteiger partial charge is 0.325 e. The van der Waals surface area contributed by atoms with E-state index in [1.54, 1.807) is 0 Å². The second-order valence-electron chi connectivity index (χ2n) is 6.59. The maximum atomic E-state index is 12.2. The van der Waals surface area contributed by atoms with Crippen LogP contribution in [0.2, 0.25) is 0 Å². The average molecular weight is 503 g/mol. The van der Waals surface area contributed by atoms with Gasteiger partial charge in [-0.15, -0.1) is 10.2 Å². The fraction of sp³-hybridized carbons (Fsp3) is 0.200. The highest BCUT2D eigenvalue weighted by molar-refractivity contribution is 14.1. The van der Waals surface area contributed by atoms with Crippen molar-refractivity contribution in [3.05, 3.63) is 52.1 Å². The van der Waals surface area contributed by atoms with Crippen LogP contribution < -0.4 is 5.32 Å². The van der Waals surface area contributed by atoms with Gasteiger partial charge in [-0.05, 0) is 66.8 Å². The number of anilines is 1. The van der Waals surface area contributed by atoms with Crippen LogP contribution in [-0.4, -0.2) is 31.4 Å². The molecular weight excluding hydrogens is 485 g/mol. The molecule has 0 bridgehead atoms. The molecule has 0 fully saturated rings. The van der Waals surface area contributed by atoms with E-state index in [4.69, 9.17) is 4.98 Å². The van der Waals surface area contributed by atoms with Gasteiger partial charge in [-0.1, -0.05) is 30.0 Å². The number of aromatic nitrogens is 4. The normalized spacial score (nSPS) is 11.4. The van der Waals surface area contributed by atoms with Gasteiger partial charge in [-0.25, -0.2) is 4.98 Å². The van der Waals surface area contributed by atoms with Gasteiger partial charge in [0.15, 0.2) is 5.65 Å². The number of halogens is 1. The first-order valence-corrected chi connectivity index (χ1v) is 10.9. The first kappa shape index (κ1) is 19.1. The number of thioether (sulfide) groups is 1. The van der Waals surface area contributed by atoms with E-state index in [9.17, 15) is 4.79 Å². The molecule has 2 heterocycles. The van der Waals surface area contributed by atoms with Gasteiger partial charge in [-0.2, -0.15) is 0 Å². The van der Waals surface area contributed by atoms with E-state index in [1.165, 1.54) is 11.8 Å². The minimum atomic E-state index is -0.0979. The van der Waals surface area contributed by atoms with E-state index in [2.05, 4.69) is 62.6 Å². The fourth-order valence-corrected chi connectivity index (χ4v) is 4.03. The molecule has 0 unspecified atom stereocenters. The molecule has 0 atom stereocenters. The van der Waals surface area contributed by atoms with E-state index in [0.29, 0.717) is 5.16 Å². The third-order valence-electron chi connectivity index (χ3n) is 4.27. The summed E-state index contributed by atoms with van der Waals surface area (Å²) in [5.74, 6) is 0.125. The second-order valence-corrected chi connectivity index (χ2v) is 8.78. The number of amides is 1. The predicted molar refractivity (Wildman–Crippen MR) is 122 cm³/mol. The first-order valence-electron chi connectivity index (χ1n) is 8.84. The zero-order chi connectivity index (χ0) is 19.7. The Morgan fingerprint density at radius 3 is 2.64 bits per heavy atom. The summed E-state index contributed by atoms with van der Waals surface area (Å²) in [7, 11) is 0. The summed E-state index contributed by atoms with van der Waals surface area (Å²) in [5, 5.41) is 13.0. The van der Waals surface area contributed by atoms with Gasteiger partial charge in [0.05, 0.1) is 11.3 Å². The Morgan fingerprint density at radius 2 is 1.89 bits per heavy atom. The van der Waals surface area contributed by atoms with E-state index < -0.39 is 0 Å². The summed E-state index contributed by atoms with van der Waals surface area (Å²) in [4.78, 5) is 16.9. The summed E-state index contributed by atoms with van der Waals surface area (Å²) < 4.78 is 3.29. The number of carbonyl (C=O) groups is 1. The number of nitrogens with zero attached hydrogens (tertiary/aromatic N) is 4. The smallest absolute Gasteiger partial charge is 0.234 e. The highest BCUT2D eigenvalue weighted by atomic mass is 127. The zero-order valence-corrected chi connectivity index (χ0v) is 18.4. The number of benzene rings is 2. The molecule has 0 saturated heterocycles. The van der Waals surface area contributed by atoms with E-state index >= 15 is 0 Å². The third kappa shape index (κ3) is 3.83. The lowest BCUT2D eigenvalue weighted by atomic mass is 10.2. The minimum Gasteiger partial charge on any atom is -0.325 e. The van der Waals surface area contributed by atoms with E-state index in [-0.39, 0.29) is 17.7 Å². The van der Waals surface area contributed by atoms with Crippen molar-refractivity contribution < 1.29 is 4.79 Å². The second kappa shape index (κ2) is 8.04. The molecule has 2 aromatic heterocycles. The predicted octanol–water partition coefficient (Wildman–Crippen LogP) is 4.90. The summed E-state index contributed by atoms with van der Waals surface area (Å²) in [6.07, 6.45) is 0. The zero-order valence-electron chi connectivity index (χ0n) is 15.4. The van der Waals surface area contributed by atoms with Crippen molar-refractivity contribution in [3.63, 3.8) is 0 Å². The van der Waals surface area contributed by atoms with Gasteiger partial charge in [0.1, 0.15) is 5.52 Å². The number of hydrogen-bond donors (Lipinski definition) is 1. The van der Waals surface area contributed by atoms with Crippen molar-refractivity contribution >= 4 is 68.0 Å². The molecule has 4 rings (SSSR count). The van der Waals surface area contributed by atoms with Gasteiger partial charge >= 0.3 is 0 Å². The van der Waals surface area contributed by atoms with Gasteiger partial charge in [0.25, 0.3) is 0 Å². The quantitative estimate of drug-likeness (QED) is 0.310. The van der Waals surface area contributed by atoms with Gasteiger partial charge < -0.3 is 9.88 Å². The van der Waals surface area contributed by atoms with Crippen LogP contribution in [0.25, 0.3) is 22.1 Å². The minimum absolute atomic E-state index is 0.0979. The van der Waals surface area contributed by atoms with Crippen molar-refractivity contribution in [3.8, 4) is 0 Å². The van der Waals surface area contributed by atoms with E-state index in [1.807, 2.05) is 42.5 Å². The summed E-state index contributed by atoms with van der Waals surface area (Å²) in [6, 6.07) is 16.0. The Hall–Kier alpha value is -2.20. The molecule has 6 nitrogen and oxygen atoms in total. The molecule has 8 heteroatoms. The van der Waals surface area contributed by atoms with Crippen LogP contribution in [0.3, 0.4) is 0 Å². The molecule has 0 radical (unpaired) electrons. The Balaban J connectivity index is 1.56. The topological polar surface area (TPSA) is 72.7 Å². The van der Waals surface area contributed by atoms with Crippen LogP contribution in [0, 0.1) is 3.57 Å². The molecule has 1 N–H and O–H groups in total. The number of para-hydroxylation sites is 1.